The Labute approximate surface area is 114 Å². The molecule has 0 fully saturated rings. The molecule has 19 heavy (non-hydrogen) atoms. The van der Waals surface area contributed by atoms with Crippen molar-refractivity contribution >= 4 is 11.7 Å². The van der Waals surface area contributed by atoms with Crippen LogP contribution in [0.1, 0.15) is 40.5 Å². The molecule has 0 heterocycles. The second-order valence-corrected chi connectivity index (χ2v) is 5.43. The highest BCUT2D eigenvalue weighted by Crippen LogP contribution is 2.21. The normalized spacial score (nSPS) is 15.3. The highest BCUT2D eigenvalue weighted by molar-refractivity contribution is 5.96. The lowest BCUT2D eigenvalue weighted by molar-refractivity contribution is -0.128. The number of amides is 1. The first-order chi connectivity index (χ1) is 8.71. The minimum atomic E-state index is -0.980. The van der Waals surface area contributed by atoms with Crippen LogP contribution in [0, 0.1) is 5.41 Å². The fourth-order valence-corrected chi connectivity index (χ4v) is 1.33. The molecule has 0 aliphatic rings. The monoisotopic (exact) mass is 271 g/mol. The topological polar surface area (TPSA) is 86.6 Å². The predicted molar refractivity (Wildman–Crippen MR) is 73.5 cm³/mol. The highest BCUT2D eigenvalue weighted by atomic mass is 16.3. The van der Waals surface area contributed by atoms with Crippen LogP contribution in [0.25, 0.3) is 0 Å². The van der Waals surface area contributed by atoms with Gasteiger partial charge in [-0.05, 0) is 18.8 Å². The van der Waals surface area contributed by atoms with Crippen molar-refractivity contribution in [3.63, 3.8) is 0 Å². The number of hydrogen-bond acceptors (Lipinski definition) is 4. The molecule has 0 aromatic carbocycles. The number of nitrogens with one attached hydrogen (secondary N) is 1. The summed E-state index contributed by atoms with van der Waals surface area (Å²) in [7, 11) is 0. The maximum Gasteiger partial charge on any atom is 0.227 e. The Hall–Kier alpha value is -1.20. The third-order valence-electron chi connectivity index (χ3n) is 3.02. The molecule has 0 aliphatic carbocycles. The molecule has 0 aromatic rings. The molecular formula is C14H25NO4. The third kappa shape index (κ3) is 7.74. The Morgan fingerprint density at radius 1 is 1.37 bits per heavy atom. The Morgan fingerprint density at radius 2 is 1.95 bits per heavy atom. The van der Waals surface area contributed by atoms with E-state index < -0.39 is 18.1 Å². The molecule has 0 aromatic heterocycles. The van der Waals surface area contributed by atoms with E-state index >= 15 is 0 Å². The van der Waals surface area contributed by atoms with Gasteiger partial charge in [-0.3, -0.25) is 9.59 Å². The summed E-state index contributed by atoms with van der Waals surface area (Å²) in [4.78, 5) is 22.2. The zero-order valence-electron chi connectivity index (χ0n) is 12.1. The van der Waals surface area contributed by atoms with E-state index in [0.717, 1.165) is 6.42 Å². The fourth-order valence-electron chi connectivity index (χ4n) is 1.33. The van der Waals surface area contributed by atoms with Crippen LogP contribution in [-0.4, -0.2) is 40.7 Å². The largest absolute Gasteiger partial charge is 0.394 e. The van der Waals surface area contributed by atoms with Gasteiger partial charge in [-0.1, -0.05) is 32.9 Å². The first kappa shape index (κ1) is 17.8. The summed E-state index contributed by atoms with van der Waals surface area (Å²) in [5.41, 5.74) is -0.0512. The van der Waals surface area contributed by atoms with Crippen molar-refractivity contribution in [1.29, 1.82) is 0 Å². The van der Waals surface area contributed by atoms with E-state index in [2.05, 4.69) is 5.32 Å². The molecule has 3 N–H and O–H groups in total. The standard InChI is InChI=1S/C14H25NO4/c1-5-14(3,4)7-6-12(18)11(9-16)15-13(19)8-10(2)17/h6-7,11-12,16,18H,5,8-9H2,1-4H3,(H,15,19). The van der Waals surface area contributed by atoms with Crippen LogP contribution < -0.4 is 5.32 Å². The second kappa shape index (κ2) is 8.07. The Morgan fingerprint density at radius 3 is 2.37 bits per heavy atom. The Bertz CT molecular complexity index is 336. The predicted octanol–water partition coefficient (Wildman–Crippen LogP) is 0.796. The van der Waals surface area contributed by atoms with Gasteiger partial charge in [0.2, 0.25) is 5.91 Å². The summed E-state index contributed by atoms with van der Waals surface area (Å²) in [5, 5.41) is 21.5. The lowest BCUT2D eigenvalue weighted by Gasteiger charge is -2.22. The van der Waals surface area contributed by atoms with Gasteiger partial charge in [-0.25, -0.2) is 0 Å². The molecule has 2 unspecified atom stereocenters. The molecule has 2 atom stereocenters. The molecule has 0 bridgehead atoms. The number of allylic oxidation sites excluding steroid dienone is 1. The van der Waals surface area contributed by atoms with Crippen molar-refractivity contribution in [3.8, 4) is 0 Å². The lowest BCUT2D eigenvalue weighted by Crippen LogP contribution is -2.45. The van der Waals surface area contributed by atoms with Crippen molar-refractivity contribution in [2.75, 3.05) is 6.61 Å². The van der Waals surface area contributed by atoms with E-state index in [9.17, 15) is 19.8 Å². The molecule has 0 radical (unpaired) electrons. The van der Waals surface area contributed by atoms with Crippen molar-refractivity contribution in [2.45, 2.75) is 52.7 Å². The average molecular weight is 271 g/mol. The zero-order valence-corrected chi connectivity index (χ0v) is 12.1. The quantitative estimate of drug-likeness (QED) is 0.450. The van der Waals surface area contributed by atoms with Gasteiger partial charge in [0, 0.05) is 0 Å². The van der Waals surface area contributed by atoms with E-state index in [-0.39, 0.29) is 24.2 Å². The van der Waals surface area contributed by atoms with E-state index in [1.165, 1.54) is 6.92 Å². The van der Waals surface area contributed by atoms with Gasteiger partial charge < -0.3 is 15.5 Å². The SMILES string of the molecule is CCC(C)(C)C=CC(O)C(CO)NC(=O)CC(C)=O. The number of aliphatic hydroxyl groups excluding tert-OH is 2. The highest BCUT2D eigenvalue weighted by Gasteiger charge is 2.20. The number of ketones is 1. The van der Waals surface area contributed by atoms with Crippen molar-refractivity contribution in [3.05, 3.63) is 12.2 Å². The molecule has 0 saturated heterocycles. The summed E-state index contributed by atoms with van der Waals surface area (Å²) in [6, 6.07) is -0.796. The number of rotatable bonds is 8. The van der Waals surface area contributed by atoms with Crippen LogP contribution in [-0.2, 0) is 9.59 Å². The van der Waals surface area contributed by atoms with Crippen LogP contribution in [0.2, 0.25) is 0 Å². The van der Waals surface area contributed by atoms with Crippen LogP contribution in [0.15, 0.2) is 12.2 Å². The summed E-state index contributed by atoms with van der Waals surface area (Å²) < 4.78 is 0. The molecular weight excluding hydrogens is 246 g/mol. The van der Waals surface area contributed by atoms with Crippen molar-refractivity contribution in [2.24, 2.45) is 5.41 Å². The fraction of sp³-hybridized carbons (Fsp3) is 0.714. The number of hydrogen-bond donors (Lipinski definition) is 3. The smallest absolute Gasteiger partial charge is 0.227 e. The summed E-state index contributed by atoms with van der Waals surface area (Å²) in [6.07, 6.45) is 3.12. The Kier molecular flexibility index (Phi) is 7.56. The van der Waals surface area contributed by atoms with E-state index in [1.54, 1.807) is 6.08 Å². The first-order valence-electron chi connectivity index (χ1n) is 6.49. The number of Topliss-reactive ketones (excluding diaryl/α,β-unsaturated/α-hetero) is 1. The van der Waals surface area contributed by atoms with Gasteiger partial charge in [0.05, 0.1) is 25.2 Å². The minimum absolute atomic E-state index is 0.0512. The van der Waals surface area contributed by atoms with E-state index in [1.807, 2.05) is 26.8 Å². The number of carbonyl (C=O) groups excluding carboxylic acids is 2. The van der Waals surface area contributed by atoms with E-state index in [0.29, 0.717) is 0 Å². The van der Waals surface area contributed by atoms with Gasteiger partial charge in [0.1, 0.15) is 5.78 Å². The van der Waals surface area contributed by atoms with Crippen LogP contribution >= 0.6 is 0 Å². The third-order valence-corrected chi connectivity index (χ3v) is 3.02. The lowest BCUT2D eigenvalue weighted by atomic mass is 9.89. The number of carbonyl (C=O) groups is 2. The molecule has 0 saturated carbocycles. The van der Waals surface area contributed by atoms with E-state index in [4.69, 9.17) is 0 Å². The number of aliphatic hydroxyl groups is 2. The van der Waals surface area contributed by atoms with Crippen LogP contribution in [0.5, 0.6) is 0 Å². The average Bonchev–Trinajstić information content (AvgIpc) is 2.32. The molecule has 5 heteroatoms. The van der Waals surface area contributed by atoms with Gasteiger partial charge in [0.25, 0.3) is 0 Å². The summed E-state index contributed by atoms with van der Waals surface area (Å²) in [5.74, 6) is -0.750. The second-order valence-electron chi connectivity index (χ2n) is 5.43. The molecule has 1 amide bonds. The molecule has 0 spiro atoms. The van der Waals surface area contributed by atoms with Crippen molar-refractivity contribution < 1.29 is 19.8 Å². The van der Waals surface area contributed by atoms with Gasteiger partial charge in [0.15, 0.2) is 0 Å². The maximum absolute atomic E-state index is 11.4. The summed E-state index contributed by atoms with van der Waals surface area (Å²) in [6.45, 7) is 7.02. The zero-order chi connectivity index (χ0) is 15.1. The molecule has 0 rings (SSSR count). The van der Waals surface area contributed by atoms with Gasteiger partial charge in [-0.15, -0.1) is 0 Å². The first-order valence-corrected chi connectivity index (χ1v) is 6.49. The van der Waals surface area contributed by atoms with Gasteiger partial charge >= 0.3 is 0 Å². The van der Waals surface area contributed by atoms with Gasteiger partial charge in [-0.2, -0.15) is 0 Å². The molecule has 5 nitrogen and oxygen atoms in total. The van der Waals surface area contributed by atoms with Crippen LogP contribution in [0.3, 0.4) is 0 Å². The molecule has 110 valence electrons. The summed E-state index contributed by atoms with van der Waals surface area (Å²) >= 11 is 0. The van der Waals surface area contributed by atoms with Crippen LogP contribution in [0.4, 0.5) is 0 Å². The van der Waals surface area contributed by atoms with Crippen molar-refractivity contribution in [1.82, 2.24) is 5.32 Å². The molecule has 0 aliphatic heterocycles. The maximum atomic E-state index is 11.4. The Balaban J connectivity index is 4.52. The minimum Gasteiger partial charge on any atom is -0.394 e.